The molecule has 4 saturated carbocycles. The third-order valence-electron chi connectivity index (χ3n) is 6.72. The number of carbonyl (C=O) groups excluding carboxylic acids is 2. The first-order valence-electron chi connectivity index (χ1n) is 9.99. The molecule has 2 aromatic rings. The van der Waals surface area contributed by atoms with Crippen LogP contribution in [0, 0.1) is 23.2 Å². The summed E-state index contributed by atoms with van der Waals surface area (Å²) in [6, 6.07) is 5.56. The molecule has 2 N–H and O–H groups in total. The van der Waals surface area contributed by atoms with E-state index >= 15 is 0 Å². The number of nitrogens with one attached hydrogen (secondary N) is 2. The smallest absolute Gasteiger partial charge is 0.235 e. The minimum atomic E-state index is -0.168. The third kappa shape index (κ3) is 2.99. The minimum absolute atomic E-state index is 0.158. The summed E-state index contributed by atoms with van der Waals surface area (Å²) < 4.78 is 1.73. The molecule has 2 heterocycles. The van der Waals surface area contributed by atoms with Crippen molar-refractivity contribution in [1.29, 1.82) is 0 Å². The molecule has 0 saturated heterocycles. The van der Waals surface area contributed by atoms with Crippen molar-refractivity contribution in [3.8, 4) is 0 Å². The first kappa shape index (κ1) is 16.7. The Hall–Kier alpha value is -2.44. The van der Waals surface area contributed by atoms with Gasteiger partial charge < -0.3 is 5.32 Å². The highest BCUT2D eigenvalue weighted by Gasteiger charge is 2.54. The molecule has 7 nitrogen and oxygen atoms in total. The van der Waals surface area contributed by atoms with Crippen molar-refractivity contribution in [1.82, 2.24) is 19.9 Å². The standard InChI is InChI=1S/C20H25N5O2/c26-17(22-19-24-23-16-3-1-2-6-25(16)19)4-5-21-18(27)20-10-13-7-14(11-20)9-15(8-13)12-20/h1-3,6,13-15H,4-5,7-12H2,(H,21,27)(H,22,24,26). The number of anilines is 1. The highest BCUT2D eigenvalue weighted by molar-refractivity contribution is 5.90. The molecular formula is C20H25N5O2. The summed E-state index contributed by atoms with van der Waals surface area (Å²) in [5.41, 5.74) is 0.525. The fourth-order valence-corrected chi connectivity index (χ4v) is 5.98. The Morgan fingerprint density at radius 3 is 2.48 bits per heavy atom. The molecule has 0 atom stereocenters. The van der Waals surface area contributed by atoms with Gasteiger partial charge in [0.25, 0.3) is 0 Å². The summed E-state index contributed by atoms with van der Waals surface area (Å²) in [6.07, 6.45) is 9.14. The van der Waals surface area contributed by atoms with Gasteiger partial charge in [-0.15, -0.1) is 10.2 Å². The molecule has 7 heteroatoms. The second-order valence-corrected chi connectivity index (χ2v) is 8.70. The van der Waals surface area contributed by atoms with Crippen LogP contribution < -0.4 is 10.6 Å². The number of pyridine rings is 1. The van der Waals surface area contributed by atoms with Gasteiger partial charge >= 0.3 is 0 Å². The van der Waals surface area contributed by atoms with Gasteiger partial charge in [0, 0.05) is 24.6 Å². The van der Waals surface area contributed by atoms with Gasteiger partial charge in [0.1, 0.15) is 0 Å². The van der Waals surface area contributed by atoms with Crippen LogP contribution in [0.5, 0.6) is 0 Å². The van der Waals surface area contributed by atoms with Gasteiger partial charge in [-0.2, -0.15) is 0 Å². The summed E-state index contributed by atoms with van der Waals surface area (Å²) >= 11 is 0. The normalized spacial score (nSPS) is 31.2. The van der Waals surface area contributed by atoms with Gasteiger partial charge in [0.2, 0.25) is 17.8 Å². The number of amides is 2. The third-order valence-corrected chi connectivity index (χ3v) is 6.72. The zero-order chi connectivity index (χ0) is 18.4. The van der Waals surface area contributed by atoms with Crippen molar-refractivity contribution >= 4 is 23.4 Å². The Balaban J connectivity index is 1.15. The summed E-state index contributed by atoms with van der Waals surface area (Å²) in [6.45, 7) is 0.364. The number of hydrogen-bond donors (Lipinski definition) is 2. The average molecular weight is 367 g/mol. The van der Waals surface area contributed by atoms with E-state index in [4.69, 9.17) is 0 Å². The number of fused-ring (bicyclic) bond motifs is 1. The Bertz CT molecular complexity index is 854. The molecule has 27 heavy (non-hydrogen) atoms. The van der Waals surface area contributed by atoms with Crippen LogP contribution in [0.2, 0.25) is 0 Å². The van der Waals surface area contributed by atoms with Gasteiger partial charge in [-0.3, -0.25) is 19.3 Å². The van der Waals surface area contributed by atoms with E-state index in [1.165, 1.54) is 19.3 Å². The Labute approximate surface area is 157 Å². The zero-order valence-electron chi connectivity index (χ0n) is 15.4. The molecule has 4 bridgehead atoms. The van der Waals surface area contributed by atoms with Gasteiger partial charge in [-0.1, -0.05) is 6.07 Å². The van der Waals surface area contributed by atoms with E-state index < -0.39 is 0 Å². The maximum absolute atomic E-state index is 12.9. The Morgan fingerprint density at radius 1 is 1.07 bits per heavy atom. The van der Waals surface area contributed by atoms with E-state index in [1.54, 1.807) is 10.6 Å². The minimum Gasteiger partial charge on any atom is -0.355 e. The second-order valence-electron chi connectivity index (χ2n) is 8.70. The van der Waals surface area contributed by atoms with Crippen LogP contribution in [0.25, 0.3) is 5.65 Å². The largest absolute Gasteiger partial charge is 0.355 e. The molecule has 4 fully saturated rings. The number of hydrogen-bond acceptors (Lipinski definition) is 4. The monoisotopic (exact) mass is 367 g/mol. The van der Waals surface area contributed by atoms with Crippen LogP contribution in [0.15, 0.2) is 24.4 Å². The number of rotatable bonds is 5. The molecule has 0 aromatic carbocycles. The molecule has 4 aliphatic rings. The van der Waals surface area contributed by atoms with E-state index in [9.17, 15) is 9.59 Å². The topological polar surface area (TPSA) is 88.4 Å². The van der Waals surface area contributed by atoms with E-state index in [2.05, 4.69) is 20.8 Å². The molecule has 0 spiro atoms. The van der Waals surface area contributed by atoms with Crippen LogP contribution in [0.4, 0.5) is 5.95 Å². The maximum Gasteiger partial charge on any atom is 0.235 e. The molecule has 6 rings (SSSR count). The van der Waals surface area contributed by atoms with Crippen molar-refractivity contribution < 1.29 is 9.59 Å². The number of aromatic nitrogens is 3. The summed E-state index contributed by atoms with van der Waals surface area (Å²) in [7, 11) is 0. The summed E-state index contributed by atoms with van der Waals surface area (Å²) in [5, 5.41) is 13.8. The quantitative estimate of drug-likeness (QED) is 0.849. The van der Waals surface area contributed by atoms with Crippen LogP contribution in [-0.2, 0) is 9.59 Å². The lowest BCUT2D eigenvalue weighted by molar-refractivity contribution is -0.146. The van der Waals surface area contributed by atoms with E-state index in [0.29, 0.717) is 18.1 Å². The van der Waals surface area contributed by atoms with Crippen molar-refractivity contribution in [2.75, 3.05) is 11.9 Å². The average Bonchev–Trinajstić information content (AvgIpc) is 3.03. The van der Waals surface area contributed by atoms with Crippen molar-refractivity contribution in [2.24, 2.45) is 23.2 Å². The van der Waals surface area contributed by atoms with Crippen molar-refractivity contribution in [3.63, 3.8) is 0 Å². The molecule has 2 amide bonds. The first-order valence-corrected chi connectivity index (χ1v) is 9.99. The van der Waals surface area contributed by atoms with Crippen molar-refractivity contribution in [3.05, 3.63) is 24.4 Å². The molecule has 0 unspecified atom stereocenters. The summed E-state index contributed by atoms with van der Waals surface area (Å²) in [4.78, 5) is 25.1. The molecule has 4 aliphatic carbocycles. The van der Waals surface area contributed by atoms with Crippen molar-refractivity contribution in [2.45, 2.75) is 44.9 Å². The highest BCUT2D eigenvalue weighted by Crippen LogP contribution is 2.60. The van der Waals surface area contributed by atoms with E-state index in [0.717, 1.165) is 37.0 Å². The molecule has 0 aliphatic heterocycles. The number of carbonyl (C=O) groups is 2. The van der Waals surface area contributed by atoms with Gasteiger partial charge in [-0.25, -0.2) is 0 Å². The lowest BCUT2D eigenvalue weighted by Crippen LogP contribution is -2.53. The predicted molar refractivity (Wildman–Crippen MR) is 99.8 cm³/mol. The molecule has 142 valence electrons. The first-order chi connectivity index (χ1) is 13.1. The van der Waals surface area contributed by atoms with Crippen LogP contribution in [0.3, 0.4) is 0 Å². The van der Waals surface area contributed by atoms with Gasteiger partial charge in [0.05, 0.1) is 0 Å². The summed E-state index contributed by atoms with van der Waals surface area (Å²) in [5.74, 6) is 2.63. The molecule has 2 aromatic heterocycles. The number of nitrogens with zero attached hydrogens (tertiary/aromatic N) is 3. The molecular weight excluding hydrogens is 342 g/mol. The Kier molecular flexibility index (Phi) is 3.91. The van der Waals surface area contributed by atoms with Crippen LogP contribution in [0.1, 0.15) is 44.9 Å². The molecule has 0 radical (unpaired) electrons. The lowest BCUT2D eigenvalue weighted by atomic mass is 9.49. The second kappa shape index (κ2) is 6.32. The highest BCUT2D eigenvalue weighted by atomic mass is 16.2. The fourth-order valence-electron chi connectivity index (χ4n) is 5.98. The predicted octanol–water partition coefficient (Wildman–Crippen LogP) is 2.39. The lowest BCUT2D eigenvalue weighted by Gasteiger charge is -2.55. The van der Waals surface area contributed by atoms with Crippen LogP contribution >= 0.6 is 0 Å². The SMILES string of the molecule is O=C(CCNC(=O)C12CC3CC(CC(C3)C1)C2)Nc1nnc2ccccn12. The van der Waals surface area contributed by atoms with E-state index in [-0.39, 0.29) is 23.7 Å². The Morgan fingerprint density at radius 2 is 1.78 bits per heavy atom. The van der Waals surface area contributed by atoms with E-state index in [1.807, 2.05) is 18.2 Å². The van der Waals surface area contributed by atoms with Crippen LogP contribution in [-0.4, -0.2) is 33.0 Å². The maximum atomic E-state index is 12.9. The fraction of sp³-hybridized carbons (Fsp3) is 0.600. The van der Waals surface area contributed by atoms with Gasteiger partial charge in [0.15, 0.2) is 5.65 Å². The van der Waals surface area contributed by atoms with Gasteiger partial charge in [-0.05, 0) is 68.4 Å². The zero-order valence-corrected chi connectivity index (χ0v) is 15.4.